The largest absolute Gasteiger partial charge is 0.494 e. The molecule has 9 heteroatoms. The average Bonchev–Trinajstić information content (AvgIpc) is 4.39. The minimum atomic E-state index is -1.17. The molecule has 5 aromatic heterocycles. The molecule has 8 rings (SSSR count). The molecule has 3 aromatic carbocycles. The van der Waals surface area contributed by atoms with Crippen LogP contribution in [0.25, 0.3) is 83.6 Å². The Hall–Kier alpha value is -5.24. The standard InChI is InChI=1S/C70H86N2O3S4/c1-8-14-19-24-29-51-42-57(48-60(71-7)70(73)74)76-67(51)63-46-53(31-26-21-16-10-3)69(78-63)65-47-54(32-27-22-17-11-4)68(79-65)64-45-52(30-25-20-15-9-2)66(77-64)55-36-40-62-59(44-55)58-43-50(35-39-61(58)72(62)13-6)49-33-37-56(38-34-49)75-41-28-23-18-12-5/h33-40,42-48H,8-32,41H2,1-6H3,(H,73,74). The highest BCUT2D eigenvalue weighted by molar-refractivity contribution is 7.29. The molecule has 0 fully saturated rings. The van der Waals surface area contributed by atoms with Crippen LogP contribution in [0.3, 0.4) is 0 Å². The molecule has 0 unspecified atom stereocenters. The van der Waals surface area contributed by atoms with Gasteiger partial charge in [-0.3, -0.25) is 4.79 Å². The van der Waals surface area contributed by atoms with Crippen LogP contribution in [0.15, 0.2) is 90.6 Å². The van der Waals surface area contributed by atoms with E-state index < -0.39 is 5.97 Å². The van der Waals surface area contributed by atoms with E-state index in [1.807, 2.05) is 34.0 Å². The van der Waals surface area contributed by atoms with Gasteiger partial charge in [0, 0.05) is 67.4 Å². The zero-order chi connectivity index (χ0) is 55.5. The Bertz CT molecular complexity index is 3290. The topological polar surface area (TPSA) is 55.8 Å². The zero-order valence-electron chi connectivity index (χ0n) is 48.3. The van der Waals surface area contributed by atoms with Crippen molar-refractivity contribution in [2.45, 2.75) is 202 Å². The molecule has 0 saturated carbocycles. The molecule has 0 bridgehead atoms. The molecule has 0 radical (unpaired) electrons. The first-order chi connectivity index (χ1) is 38.7. The normalized spacial score (nSPS) is 11.9. The van der Waals surface area contributed by atoms with Gasteiger partial charge in [-0.15, -0.1) is 45.3 Å². The smallest absolute Gasteiger partial charge is 0.333 e. The van der Waals surface area contributed by atoms with E-state index in [9.17, 15) is 9.90 Å². The molecule has 0 amide bonds. The highest BCUT2D eigenvalue weighted by Gasteiger charge is 2.24. The summed E-state index contributed by atoms with van der Waals surface area (Å²) < 4.78 is 8.61. The van der Waals surface area contributed by atoms with Gasteiger partial charge >= 0.3 is 5.97 Å². The van der Waals surface area contributed by atoms with Crippen molar-refractivity contribution in [2.75, 3.05) is 6.61 Å². The summed E-state index contributed by atoms with van der Waals surface area (Å²) in [6.07, 6.45) is 29.8. The van der Waals surface area contributed by atoms with E-state index in [-0.39, 0.29) is 5.70 Å². The van der Waals surface area contributed by atoms with Crippen molar-refractivity contribution >= 4 is 79.2 Å². The first-order valence-electron chi connectivity index (χ1n) is 30.4. The number of rotatable bonds is 34. The van der Waals surface area contributed by atoms with Gasteiger partial charge in [0.25, 0.3) is 5.70 Å². The lowest BCUT2D eigenvalue weighted by molar-refractivity contribution is -0.132. The van der Waals surface area contributed by atoms with Crippen molar-refractivity contribution in [3.8, 4) is 56.6 Å². The minimum Gasteiger partial charge on any atom is -0.494 e. The van der Waals surface area contributed by atoms with Crippen LogP contribution >= 0.6 is 45.3 Å². The van der Waals surface area contributed by atoms with Crippen LogP contribution in [0.2, 0.25) is 0 Å². The second-order valence-electron chi connectivity index (χ2n) is 21.7. The van der Waals surface area contributed by atoms with Crippen LogP contribution in [0.5, 0.6) is 5.75 Å². The third-order valence-electron chi connectivity index (χ3n) is 15.6. The number of aromatic nitrogens is 1. The number of carboxylic acids is 1. The number of hydrogen-bond acceptors (Lipinski definition) is 6. The maximum atomic E-state index is 12.0. The Labute approximate surface area is 489 Å². The average molecular weight is 1130 g/mol. The van der Waals surface area contributed by atoms with Gasteiger partial charge in [0.2, 0.25) is 0 Å². The Morgan fingerprint density at radius 2 is 0.911 bits per heavy atom. The molecular formula is C70H86N2O3S4. The van der Waals surface area contributed by atoms with Gasteiger partial charge in [0.1, 0.15) is 5.75 Å². The molecule has 0 aliphatic carbocycles. The Morgan fingerprint density at radius 3 is 1.38 bits per heavy atom. The fraction of sp³-hybridized carbons (Fsp3) is 0.457. The van der Waals surface area contributed by atoms with Crippen molar-refractivity contribution in [2.24, 2.45) is 0 Å². The molecule has 0 saturated heterocycles. The van der Waals surface area contributed by atoms with Crippen molar-refractivity contribution in [1.82, 2.24) is 4.57 Å². The van der Waals surface area contributed by atoms with E-state index >= 15 is 0 Å². The predicted octanol–water partition coefficient (Wildman–Crippen LogP) is 23.2. The number of fused-ring (bicyclic) bond motifs is 3. The molecule has 79 heavy (non-hydrogen) atoms. The summed E-state index contributed by atoms with van der Waals surface area (Å²) in [5.74, 6) is -0.229. The molecule has 418 valence electrons. The van der Waals surface area contributed by atoms with Crippen LogP contribution in [0.4, 0.5) is 0 Å². The lowest BCUT2D eigenvalue weighted by atomic mass is 9.99. The third-order valence-corrected chi connectivity index (χ3v) is 20.9. The van der Waals surface area contributed by atoms with E-state index in [4.69, 9.17) is 11.3 Å². The zero-order valence-corrected chi connectivity index (χ0v) is 51.6. The number of aliphatic carboxylic acids is 1. The summed E-state index contributed by atoms with van der Waals surface area (Å²) in [4.78, 5) is 25.7. The maximum absolute atomic E-state index is 12.0. The number of unbranched alkanes of at least 4 members (excludes halogenated alkanes) is 15. The highest BCUT2D eigenvalue weighted by Crippen LogP contribution is 2.51. The number of benzene rings is 3. The van der Waals surface area contributed by atoms with E-state index in [1.54, 1.807) is 17.4 Å². The number of nitrogens with zero attached hydrogens (tertiary/aromatic N) is 2. The predicted molar refractivity (Wildman–Crippen MR) is 347 cm³/mol. The van der Waals surface area contributed by atoms with Crippen LogP contribution < -0.4 is 4.74 Å². The SMILES string of the molecule is [C-]#[N+]C(=Cc1cc(CCCCCC)c(-c2cc(CCCCCC)c(-c3cc(CCCCCC)c(-c4cc(CCCCCC)c(-c5ccc6c(c5)c5cc(-c7ccc(OCCCCCC)cc7)ccc5n6CC)s4)s3)s2)s1)C(=O)O. The molecule has 0 aliphatic heterocycles. The molecule has 1 N–H and O–H groups in total. The Balaban J connectivity index is 1.21. The number of hydrogen-bond donors (Lipinski definition) is 1. The van der Waals surface area contributed by atoms with Gasteiger partial charge in [-0.2, -0.15) is 0 Å². The number of carbonyl (C=O) groups is 1. The first kappa shape index (κ1) is 59.9. The van der Waals surface area contributed by atoms with Crippen LogP contribution in [-0.2, 0) is 37.0 Å². The van der Waals surface area contributed by atoms with Crippen molar-refractivity contribution in [3.05, 3.63) is 129 Å². The molecule has 0 atom stereocenters. The van der Waals surface area contributed by atoms with Crippen molar-refractivity contribution < 1.29 is 14.6 Å². The quantitative estimate of drug-likeness (QED) is 0.0248. The van der Waals surface area contributed by atoms with Crippen molar-refractivity contribution in [3.63, 3.8) is 0 Å². The second kappa shape index (κ2) is 30.5. The molecule has 5 nitrogen and oxygen atoms in total. The summed E-state index contributed by atoms with van der Waals surface area (Å²) in [7, 11) is 0. The van der Waals surface area contributed by atoms with Crippen LogP contribution in [0.1, 0.15) is 197 Å². The van der Waals surface area contributed by atoms with Gasteiger partial charge in [0.15, 0.2) is 0 Å². The van der Waals surface area contributed by atoms with E-state index in [0.29, 0.717) is 0 Å². The van der Waals surface area contributed by atoms with Crippen LogP contribution in [-0.4, -0.2) is 22.2 Å². The van der Waals surface area contributed by atoms with Gasteiger partial charge < -0.3 is 14.4 Å². The molecular weight excluding hydrogens is 1050 g/mol. The lowest BCUT2D eigenvalue weighted by Gasteiger charge is -2.08. The fourth-order valence-electron chi connectivity index (χ4n) is 11.2. The van der Waals surface area contributed by atoms with Gasteiger partial charge in [-0.25, -0.2) is 4.85 Å². The van der Waals surface area contributed by atoms with Crippen molar-refractivity contribution in [1.29, 1.82) is 0 Å². The summed E-state index contributed by atoms with van der Waals surface area (Å²) in [5, 5.41) is 12.4. The van der Waals surface area contributed by atoms with E-state index in [2.05, 4.69) is 136 Å². The van der Waals surface area contributed by atoms with Gasteiger partial charge in [0.05, 0.1) is 13.2 Å². The van der Waals surface area contributed by atoms with E-state index in [0.717, 1.165) is 68.7 Å². The lowest BCUT2D eigenvalue weighted by Crippen LogP contribution is -1.97. The number of ether oxygens (including phenoxy) is 1. The molecule has 8 aromatic rings. The second-order valence-corrected chi connectivity index (χ2v) is 26.0. The minimum absolute atomic E-state index is 0.234. The summed E-state index contributed by atoms with van der Waals surface area (Å²) in [5.41, 5.74) is 11.7. The van der Waals surface area contributed by atoms with Crippen LogP contribution in [0, 0.1) is 6.57 Å². The third kappa shape index (κ3) is 15.4. The summed E-state index contributed by atoms with van der Waals surface area (Å²) in [6.45, 7) is 22.9. The molecule has 0 aliphatic rings. The fourth-order valence-corrected chi connectivity index (χ4v) is 16.4. The first-order valence-corrected chi connectivity index (χ1v) is 33.6. The number of aryl methyl sites for hydroxylation is 5. The van der Waals surface area contributed by atoms with E-state index in [1.165, 1.54) is 204 Å². The number of carboxylic acid groups (broad SMARTS) is 1. The highest BCUT2D eigenvalue weighted by atomic mass is 32.1. The summed E-state index contributed by atoms with van der Waals surface area (Å²) >= 11 is 7.61. The monoisotopic (exact) mass is 1130 g/mol. The van der Waals surface area contributed by atoms with Gasteiger partial charge in [-0.05, 0) is 170 Å². The number of thiophene rings is 4. The molecule has 0 spiro atoms. The Morgan fingerprint density at radius 1 is 0.494 bits per heavy atom. The maximum Gasteiger partial charge on any atom is 0.333 e. The summed E-state index contributed by atoms with van der Waals surface area (Å²) in [6, 6.07) is 32.8. The molecule has 5 heterocycles. The Kier molecular flexibility index (Phi) is 23.1. The van der Waals surface area contributed by atoms with Gasteiger partial charge in [-0.1, -0.05) is 155 Å².